The highest BCUT2D eigenvalue weighted by molar-refractivity contribution is 7.15. The fourth-order valence-corrected chi connectivity index (χ4v) is 10.6. The maximum Gasteiger partial charge on any atom is 0.250 e. The van der Waals surface area contributed by atoms with Crippen LogP contribution < -0.4 is 5.32 Å². The highest BCUT2D eigenvalue weighted by atomic mass is 32.1. The number of hydrogen-bond acceptors (Lipinski definition) is 7. The fourth-order valence-electron chi connectivity index (χ4n) is 9.48. The van der Waals surface area contributed by atoms with Gasteiger partial charge in [0, 0.05) is 55.9 Å². The Balaban J connectivity index is 0.774. The van der Waals surface area contributed by atoms with E-state index < -0.39 is 12.0 Å². The molecule has 4 heterocycles. The Morgan fingerprint density at radius 1 is 0.645 bits per heavy atom. The molecular weight excluding hydrogens is 791 g/mol. The van der Waals surface area contributed by atoms with Gasteiger partial charge in [0.15, 0.2) is 0 Å². The first-order valence-corrected chi connectivity index (χ1v) is 23.2. The maximum atomic E-state index is 14.2. The van der Waals surface area contributed by atoms with E-state index in [4.69, 9.17) is 9.98 Å². The molecule has 62 heavy (non-hydrogen) atoms. The molecule has 2 saturated carbocycles. The molecule has 3 aliphatic heterocycles. The predicted molar refractivity (Wildman–Crippen MR) is 243 cm³/mol. The van der Waals surface area contributed by atoms with Crippen molar-refractivity contribution in [2.75, 3.05) is 13.1 Å². The monoisotopic (exact) mass is 841 g/mol. The standard InChI is InChI=1S/C52H51N5O4S/c58-46(37-21-22-37)30-42(36-9-3-1-4-10-36)51(60)56-27-7-13-44(56)43-29-41(31-53-43)35-17-15-33(16-18-35)34-19-23-38(24-20-34)47-32-54-50(62-47)45-14-8-28-57(45)52(61)48(39-11-5-2-6-12-39)55-49(59)40-25-26-40/h1-6,9-12,15-20,23-24,31-32,37,40,42,44-45,48H,7-8,13-14,21-22,25-30H2,(H,55,59)/t42-,44+,45+,48-/m1/s1. The Morgan fingerprint density at radius 2 is 1.23 bits per heavy atom. The summed E-state index contributed by atoms with van der Waals surface area (Å²) in [4.78, 5) is 68.8. The molecule has 10 rings (SSSR count). The van der Waals surface area contributed by atoms with E-state index in [0.717, 1.165) is 106 Å². The number of carbonyl (C=O) groups excluding carboxylic acids is 4. The quantitative estimate of drug-likeness (QED) is 0.120. The normalized spacial score (nSPS) is 20.7. The number of hydrogen-bond donors (Lipinski definition) is 1. The third-order valence-electron chi connectivity index (χ3n) is 13.3. The van der Waals surface area contributed by atoms with Crippen molar-refractivity contribution in [2.45, 2.75) is 88.3 Å². The van der Waals surface area contributed by atoms with Crippen LogP contribution in [0.15, 0.2) is 127 Å². The zero-order valence-electron chi connectivity index (χ0n) is 34.8. The number of amides is 3. The van der Waals surface area contributed by atoms with E-state index >= 15 is 0 Å². The van der Waals surface area contributed by atoms with E-state index in [1.54, 1.807) is 11.3 Å². The van der Waals surface area contributed by atoms with Gasteiger partial charge in [-0.25, -0.2) is 4.98 Å². The van der Waals surface area contributed by atoms with Gasteiger partial charge in [-0.05, 0) is 90.3 Å². The summed E-state index contributed by atoms with van der Waals surface area (Å²) in [6.45, 7) is 1.33. The zero-order chi connectivity index (χ0) is 42.2. The average Bonchev–Trinajstić information content (AvgIpc) is 4.07. The number of Topliss-reactive ketones (excluding diaryl/α,β-unsaturated/α-hetero) is 1. The van der Waals surface area contributed by atoms with Gasteiger partial charge in [-0.1, -0.05) is 109 Å². The minimum atomic E-state index is -0.707. The van der Waals surface area contributed by atoms with Crippen molar-refractivity contribution in [1.29, 1.82) is 0 Å². The number of likely N-dealkylation sites (tertiary alicyclic amines) is 2. The first-order valence-electron chi connectivity index (χ1n) is 22.3. The van der Waals surface area contributed by atoms with Crippen molar-refractivity contribution in [3.63, 3.8) is 0 Å². The first kappa shape index (κ1) is 40.1. The number of aliphatic imine (C=N–C) groups is 1. The number of aromatic nitrogens is 1. The number of benzene rings is 4. The van der Waals surface area contributed by atoms with Gasteiger partial charge < -0.3 is 15.1 Å². The number of carbonyl (C=O) groups is 4. The topological polar surface area (TPSA) is 112 Å². The molecule has 1 aromatic heterocycles. The lowest BCUT2D eigenvalue weighted by molar-refractivity contribution is -0.137. The highest BCUT2D eigenvalue weighted by Crippen LogP contribution is 2.41. The van der Waals surface area contributed by atoms with Crippen molar-refractivity contribution in [3.05, 3.63) is 143 Å². The van der Waals surface area contributed by atoms with Gasteiger partial charge in [0.1, 0.15) is 16.8 Å². The summed E-state index contributed by atoms with van der Waals surface area (Å²) in [7, 11) is 0. The van der Waals surface area contributed by atoms with Crippen LogP contribution >= 0.6 is 11.3 Å². The van der Waals surface area contributed by atoms with Gasteiger partial charge in [-0.15, -0.1) is 11.3 Å². The molecule has 5 aliphatic rings. The second kappa shape index (κ2) is 17.4. The minimum absolute atomic E-state index is 0.0132. The number of allylic oxidation sites excluding steroid dienone is 1. The Bertz CT molecular complexity index is 2520. The fraction of sp³-hybridized carbons (Fsp3) is 0.346. The lowest BCUT2D eigenvalue weighted by Crippen LogP contribution is -2.43. The summed E-state index contributed by atoms with van der Waals surface area (Å²) in [5, 5.41) is 3.99. The van der Waals surface area contributed by atoms with Crippen LogP contribution in [0.1, 0.15) is 104 Å². The van der Waals surface area contributed by atoms with Crippen LogP contribution in [-0.4, -0.2) is 63.1 Å². The molecule has 0 bridgehead atoms. The number of ketones is 1. The molecule has 9 nitrogen and oxygen atoms in total. The second-order valence-corrected chi connectivity index (χ2v) is 18.6. The van der Waals surface area contributed by atoms with Crippen molar-refractivity contribution < 1.29 is 19.2 Å². The lowest BCUT2D eigenvalue weighted by atomic mass is 9.90. The van der Waals surface area contributed by atoms with Crippen LogP contribution in [0.3, 0.4) is 0 Å². The smallest absolute Gasteiger partial charge is 0.250 e. The zero-order valence-corrected chi connectivity index (χ0v) is 35.6. The number of nitrogens with zero attached hydrogens (tertiary/aromatic N) is 4. The summed E-state index contributed by atoms with van der Waals surface area (Å²) < 4.78 is 0. The van der Waals surface area contributed by atoms with E-state index in [0.29, 0.717) is 19.5 Å². The second-order valence-electron chi connectivity index (χ2n) is 17.6. The maximum absolute atomic E-state index is 14.2. The van der Waals surface area contributed by atoms with Crippen LogP contribution in [0.5, 0.6) is 0 Å². The van der Waals surface area contributed by atoms with Gasteiger partial charge in [0.2, 0.25) is 17.7 Å². The van der Waals surface area contributed by atoms with E-state index in [1.807, 2.05) is 82.9 Å². The number of rotatable bonds is 14. The third kappa shape index (κ3) is 8.45. The lowest BCUT2D eigenvalue weighted by Gasteiger charge is -2.29. The molecule has 2 saturated heterocycles. The van der Waals surface area contributed by atoms with E-state index in [-0.39, 0.29) is 53.8 Å². The van der Waals surface area contributed by atoms with Gasteiger partial charge in [-0.2, -0.15) is 0 Å². The van der Waals surface area contributed by atoms with Crippen LogP contribution in [-0.2, 0) is 19.2 Å². The van der Waals surface area contributed by atoms with Crippen LogP contribution in [0.25, 0.3) is 27.1 Å². The van der Waals surface area contributed by atoms with Crippen molar-refractivity contribution in [3.8, 4) is 21.6 Å². The van der Waals surface area contributed by atoms with Crippen molar-refractivity contribution in [2.24, 2.45) is 16.8 Å². The third-order valence-corrected chi connectivity index (χ3v) is 14.5. The Labute approximate surface area is 367 Å². The first-order chi connectivity index (χ1) is 30.4. The molecule has 4 fully saturated rings. The molecule has 10 heteroatoms. The Morgan fingerprint density at radius 3 is 1.87 bits per heavy atom. The minimum Gasteiger partial charge on any atom is -0.340 e. The summed E-state index contributed by atoms with van der Waals surface area (Å²) in [6, 6.07) is 35.7. The van der Waals surface area contributed by atoms with Crippen molar-refractivity contribution >= 4 is 46.1 Å². The largest absolute Gasteiger partial charge is 0.340 e. The van der Waals surface area contributed by atoms with Crippen LogP contribution in [0, 0.1) is 11.8 Å². The van der Waals surface area contributed by atoms with E-state index in [2.05, 4.69) is 53.8 Å². The van der Waals surface area contributed by atoms with E-state index in [9.17, 15) is 19.2 Å². The molecule has 1 N–H and O–H groups in total. The molecule has 0 radical (unpaired) electrons. The molecule has 314 valence electrons. The van der Waals surface area contributed by atoms with Gasteiger partial charge in [0.05, 0.1) is 22.9 Å². The molecule has 0 spiro atoms. The summed E-state index contributed by atoms with van der Waals surface area (Å²) >= 11 is 1.63. The molecule has 2 aliphatic carbocycles. The van der Waals surface area contributed by atoms with Crippen LogP contribution in [0.4, 0.5) is 0 Å². The summed E-state index contributed by atoms with van der Waals surface area (Å²) in [5.41, 5.74) is 8.32. The van der Waals surface area contributed by atoms with Crippen LogP contribution in [0.2, 0.25) is 0 Å². The molecule has 0 unspecified atom stereocenters. The van der Waals surface area contributed by atoms with E-state index in [1.165, 1.54) is 0 Å². The van der Waals surface area contributed by atoms with Gasteiger partial charge in [0.25, 0.3) is 0 Å². The highest BCUT2D eigenvalue weighted by Gasteiger charge is 2.41. The SMILES string of the molecule is O=C(C[C@@H](C(=O)N1CCC[C@H]1C1=NC=C(c2ccc(-c3ccc(-c4cnc([C@@H]5CCCN5C(=O)[C@H](NC(=O)C5CC5)c5ccccc5)s4)cc3)cc2)C1)c1ccccc1)C1CC1. The Hall–Kier alpha value is -6.00. The molecule has 5 aromatic rings. The summed E-state index contributed by atoms with van der Waals surface area (Å²) in [5.74, 6) is -0.163. The number of thiazole rings is 1. The molecule has 3 amide bonds. The molecular formula is C52H51N5O4S. The molecule has 4 aromatic carbocycles. The summed E-state index contributed by atoms with van der Waals surface area (Å²) in [6.07, 6.45) is 12.1. The average molecular weight is 842 g/mol. The van der Waals surface area contributed by atoms with Crippen molar-refractivity contribution in [1.82, 2.24) is 20.1 Å². The van der Waals surface area contributed by atoms with Gasteiger partial charge in [-0.3, -0.25) is 24.2 Å². The number of nitrogens with one attached hydrogen (secondary N) is 1. The Kier molecular flexibility index (Phi) is 11.3. The van der Waals surface area contributed by atoms with Gasteiger partial charge >= 0.3 is 0 Å². The molecule has 4 atom stereocenters. The predicted octanol–water partition coefficient (Wildman–Crippen LogP) is 9.74.